The number of carbonyl (C=O) groups excluding carboxylic acids is 3. The number of phenols is 1. The molecule has 0 unspecified atom stereocenters. The summed E-state index contributed by atoms with van der Waals surface area (Å²) >= 11 is 8.47. The van der Waals surface area contributed by atoms with E-state index in [1.54, 1.807) is 19.9 Å². The number of phenolic OH excluding ortho intramolecular Hbond substituents is 1. The van der Waals surface area contributed by atoms with Gasteiger partial charge in [-0.15, -0.1) is 0 Å². The first-order valence-corrected chi connectivity index (χ1v) is 33.2. The van der Waals surface area contributed by atoms with Crippen molar-refractivity contribution >= 4 is 81.3 Å². The van der Waals surface area contributed by atoms with Crippen LogP contribution in [-0.2, 0) is 68.6 Å². The third-order valence-corrected chi connectivity index (χ3v) is 13.4. The van der Waals surface area contributed by atoms with E-state index in [1.807, 2.05) is 0 Å². The van der Waals surface area contributed by atoms with Gasteiger partial charge in [-0.3, -0.25) is 4.79 Å². The number of carboxylic acids is 1. The molecule has 0 atom stereocenters. The summed E-state index contributed by atoms with van der Waals surface area (Å²) in [6.45, 7) is 3.74. The quantitative estimate of drug-likeness (QED) is 0.0279. The van der Waals surface area contributed by atoms with Crippen LogP contribution in [-0.4, -0.2) is 91.4 Å². The lowest BCUT2D eigenvalue weighted by Gasteiger charge is -2.13. The zero-order valence-electron chi connectivity index (χ0n) is 54.9. The van der Waals surface area contributed by atoms with Crippen LogP contribution in [0.25, 0.3) is 0 Å². The van der Waals surface area contributed by atoms with E-state index in [0.717, 1.165) is 55.6 Å². The number of ether oxygens (including phenoxy) is 9. The molecule has 8 aromatic carbocycles. The van der Waals surface area contributed by atoms with Gasteiger partial charge in [0, 0.05) is 39.4 Å². The van der Waals surface area contributed by atoms with Crippen LogP contribution in [0, 0.1) is 0 Å². The Morgan fingerprint density at radius 3 is 0.981 bits per heavy atom. The van der Waals surface area contributed by atoms with Crippen molar-refractivity contribution in [3.8, 4) is 46.0 Å². The molecule has 34 heteroatoms. The van der Waals surface area contributed by atoms with E-state index in [0.29, 0.717) is 56.8 Å². The molecule has 3 N–H and O–H groups in total. The summed E-state index contributed by atoms with van der Waals surface area (Å²) in [6, 6.07) is 36.9. The lowest BCUT2D eigenvalue weighted by atomic mass is 10.1. The number of aromatic hydroxyl groups is 1. The molecule has 103 heavy (non-hydrogen) atoms. The van der Waals surface area contributed by atoms with Gasteiger partial charge in [-0.1, -0.05) is 70.5 Å². The maximum Gasteiger partial charge on any atom is 0.416 e. The van der Waals surface area contributed by atoms with Crippen LogP contribution in [0.3, 0.4) is 0 Å². The second-order valence-electron chi connectivity index (χ2n) is 19.5. The summed E-state index contributed by atoms with van der Waals surface area (Å²) in [5, 5.41) is 25.0. The normalized spacial score (nSPS) is 10.7. The Balaban J connectivity index is 0.000000438. The van der Waals surface area contributed by atoms with Crippen LogP contribution in [0.5, 0.6) is 46.0 Å². The second kappa shape index (κ2) is 44.4. The molecule has 0 radical (unpaired) electrons. The van der Waals surface area contributed by atoms with Gasteiger partial charge in [-0.2, -0.15) is 52.7 Å². The molecule has 0 bridgehead atoms. The minimum absolute atomic E-state index is 0.000508. The number of hydrogen-bond donors (Lipinski definition) is 3. The number of aromatic carboxylic acids is 1. The highest BCUT2D eigenvalue weighted by molar-refractivity contribution is 9.08. The van der Waals surface area contributed by atoms with Crippen LogP contribution in [0.1, 0.15) is 99.8 Å². The number of alkyl halides is 13. The van der Waals surface area contributed by atoms with E-state index >= 15 is 0 Å². The van der Waals surface area contributed by atoms with Crippen molar-refractivity contribution in [3.05, 3.63) is 237 Å². The number of esters is 2. The van der Waals surface area contributed by atoms with Crippen LogP contribution in [0.15, 0.2) is 170 Å². The van der Waals surface area contributed by atoms with Crippen LogP contribution >= 0.6 is 48.9 Å². The fourth-order valence-electron chi connectivity index (χ4n) is 7.80. The fourth-order valence-corrected chi connectivity index (χ4v) is 8.27. The van der Waals surface area contributed by atoms with E-state index in [-0.39, 0.29) is 72.1 Å². The van der Waals surface area contributed by atoms with Crippen molar-refractivity contribution in [3.63, 3.8) is 0 Å². The first-order valence-electron chi connectivity index (χ1n) is 28.9. The van der Waals surface area contributed by atoms with E-state index < -0.39 is 79.3 Å². The Kier molecular flexibility index (Phi) is 38.8. The van der Waals surface area contributed by atoms with Gasteiger partial charge >= 0.3 is 42.6 Å². The molecule has 0 amide bonds. The van der Waals surface area contributed by atoms with Gasteiger partial charge in [0.2, 0.25) is 9.23 Å². The van der Waals surface area contributed by atoms with Gasteiger partial charge in [0.25, 0.3) is 5.24 Å². The van der Waals surface area contributed by atoms with Crippen molar-refractivity contribution in [2.45, 2.75) is 63.7 Å². The summed E-state index contributed by atoms with van der Waals surface area (Å²) in [5.74, 6) is -0.174. The topological polar surface area (TPSA) is 229 Å². The zero-order valence-corrected chi connectivity index (χ0v) is 59.6. The second-order valence-corrected chi connectivity index (χ2v) is 22.9. The smallest absolute Gasteiger partial charge is 0.416 e. The summed E-state index contributed by atoms with van der Waals surface area (Å²) in [6.07, 6.45) is -17.5. The molecule has 0 aliphatic heterocycles. The highest BCUT2D eigenvalue weighted by Crippen LogP contribution is 2.36. The van der Waals surface area contributed by atoms with Gasteiger partial charge in [0.15, 0.2) is 46.0 Å². The SMILES string of the molecule is CCOC(=O)c1ccc(O)c(OC)c1.CCOC(=O)c1ccc(OCc2cccc(C(F)(F)F)c2)c(OC)c1.CO.COc1cc(C(=O)Cl)ccc1OCc1cccc(C(F)(F)F)c1.COc1cc(C(=O)O)ccc1OCc1cccc(C(F)(F)F)c1.FC(F)(F)c1cccc(CBr)c1.O=S(Cl)Cl. The molecule has 0 saturated heterocycles. The molecule has 0 saturated carbocycles. The summed E-state index contributed by atoms with van der Waals surface area (Å²) < 4.78 is 206. The number of rotatable bonds is 20. The molecule has 0 aliphatic carbocycles. The molecule has 0 fully saturated rings. The number of benzene rings is 8. The standard InChI is InChI=1S/C18H17F3O4.C16H12ClF3O3.C16H13F3O4.C10H12O4.C8H6BrF3.CH4O.Cl2OS/c1-3-24-17(22)13-7-8-15(16(10-13)23-2)25-11-12-5-4-6-14(9-12)18(19,20)21;1-22-14-8-11(15(17)21)5-6-13(14)23-9-10-3-2-4-12(7-10)16(18,19)20;1-22-14-8-11(15(20)21)5-6-13(14)23-9-10-3-2-4-12(7-10)16(17,18)19;1-3-14-10(12)7-4-5-8(11)9(6-7)13-2;9-5-6-2-1-3-7(4-6)8(10,11)12;1-2;1-4(2)3/h4-10H,3,11H2,1-2H3;2-8H,9H2,1H3;2-8H,9H2,1H3,(H,20,21);4-6,11H,3H2,1-2H3;1-4H,5H2;2H,1H3;. The van der Waals surface area contributed by atoms with Crippen molar-refractivity contribution in [1.82, 2.24) is 0 Å². The Hall–Kier alpha value is -9.14. The van der Waals surface area contributed by atoms with Gasteiger partial charge in [0.05, 0.1) is 80.6 Å². The van der Waals surface area contributed by atoms with Crippen LogP contribution < -0.4 is 33.2 Å². The average molecular weight is 1610 g/mol. The third-order valence-electron chi connectivity index (χ3n) is 12.5. The number of aliphatic hydroxyl groups excluding tert-OH is 1. The maximum absolute atomic E-state index is 12.7. The number of hydrogen-bond acceptors (Lipinski definition) is 16. The fraction of sp³-hybridized carbons (Fsp3) is 0.246. The minimum atomic E-state index is -4.42. The predicted molar refractivity (Wildman–Crippen MR) is 362 cm³/mol. The van der Waals surface area contributed by atoms with Gasteiger partial charge in [-0.05, 0) is 163 Å². The summed E-state index contributed by atoms with van der Waals surface area (Å²) in [5.41, 5.74) is -0.229. The molecule has 0 aliphatic rings. The van der Waals surface area contributed by atoms with E-state index in [9.17, 15) is 77.0 Å². The largest absolute Gasteiger partial charge is 0.504 e. The van der Waals surface area contributed by atoms with Gasteiger partial charge in [-0.25, -0.2) is 18.6 Å². The van der Waals surface area contributed by atoms with Gasteiger partial charge in [0.1, 0.15) is 19.8 Å². The number of halogens is 16. The van der Waals surface area contributed by atoms with Crippen LogP contribution in [0.4, 0.5) is 52.7 Å². The Morgan fingerprint density at radius 2 is 0.689 bits per heavy atom. The molecule has 0 heterocycles. The average Bonchev–Trinajstić information content (AvgIpc) is 0.849. The number of carbonyl (C=O) groups is 4. The molecule has 0 aromatic heterocycles. The van der Waals surface area contributed by atoms with Crippen molar-refractivity contribution in [1.29, 1.82) is 0 Å². The number of aliphatic hydroxyl groups is 1. The highest BCUT2D eigenvalue weighted by atomic mass is 79.9. The Bertz CT molecular complexity index is 3910. The minimum Gasteiger partial charge on any atom is -0.504 e. The summed E-state index contributed by atoms with van der Waals surface area (Å²) in [4.78, 5) is 45.0. The van der Waals surface area contributed by atoms with Crippen molar-refractivity contribution in [2.75, 3.05) is 48.8 Å². The van der Waals surface area contributed by atoms with Crippen molar-refractivity contribution < 1.29 is 134 Å². The lowest BCUT2D eigenvalue weighted by Crippen LogP contribution is -2.07. The molecule has 560 valence electrons. The molecule has 8 rings (SSSR count). The predicted octanol–water partition coefficient (Wildman–Crippen LogP) is 19.0. The third kappa shape index (κ3) is 32.4. The molecule has 0 spiro atoms. The van der Waals surface area contributed by atoms with Gasteiger partial charge < -0.3 is 58.0 Å². The monoisotopic (exact) mass is 1610 g/mol. The van der Waals surface area contributed by atoms with E-state index in [1.165, 1.54) is 144 Å². The first kappa shape index (κ1) is 89.9. The highest BCUT2D eigenvalue weighted by Gasteiger charge is 2.33. The van der Waals surface area contributed by atoms with E-state index in [2.05, 4.69) is 37.3 Å². The Morgan fingerprint density at radius 1 is 0.417 bits per heavy atom. The van der Waals surface area contributed by atoms with Crippen LogP contribution in [0.2, 0.25) is 0 Å². The molecular weight excluding hydrogens is 1550 g/mol. The lowest BCUT2D eigenvalue weighted by molar-refractivity contribution is -0.138. The number of carboxylic acid groups (broad SMARTS) is 1. The van der Waals surface area contributed by atoms with Crippen molar-refractivity contribution in [2.24, 2.45) is 0 Å². The number of methoxy groups -OCH3 is 4. The molecule has 17 nitrogen and oxygen atoms in total. The maximum atomic E-state index is 12.7. The Labute approximate surface area is 607 Å². The molecular formula is C69H64BrCl3F12O17S. The summed E-state index contributed by atoms with van der Waals surface area (Å²) in [7, 11) is 13.9. The first-order chi connectivity index (χ1) is 48.4. The molecule has 8 aromatic rings. The van der Waals surface area contributed by atoms with E-state index in [4.69, 9.17) is 68.7 Å². The zero-order chi connectivity index (χ0) is 77.8.